The van der Waals surface area contributed by atoms with Crippen molar-refractivity contribution in [2.75, 3.05) is 20.3 Å². The molecule has 4 heteroatoms. The van der Waals surface area contributed by atoms with Gasteiger partial charge in [0.1, 0.15) is 5.54 Å². The molecule has 1 atom stereocenters. The number of rotatable bonds is 4. The van der Waals surface area contributed by atoms with E-state index in [2.05, 4.69) is 5.32 Å². The number of carbonyl (C=O) groups is 1. The first-order valence-electron chi connectivity index (χ1n) is 5.72. The molecular weight excluding hydrogens is 218 g/mol. The SMILES string of the molecule is COC(=O)[C@]1(NCc2ccccc2)CCOC1. The number of nitrogens with one attached hydrogen (secondary N) is 1. The Bertz CT molecular complexity index is 372. The number of benzene rings is 1. The van der Waals surface area contributed by atoms with Crippen LogP contribution in [0.5, 0.6) is 0 Å². The van der Waals surface area contributed by atoms with E-state index in [-0.39, 0.29) is 5.97 Å². The Morgan fingerprint density at radius 2 is 2.24 bits per heavy atom. The molecule has 2 rings (SSSR count). The van der Waals surface area contributed by atoms with Crippen LogP contribution in [0.15, 0.2) is 30.3 Å². The third-order valence-corrected chi connectivity index (χ3v) is 3.07. The summed E-state index contributed by atoms with van der Waals surface area (Å²) < 4.78 is 10.2. The Morgan fingerprint density at radius 3 is 2.82 bits per heavy atom. The summed E-state index contributed by atoms with van der Waals surface area (Å²) in [7, 11) is 1.41. The first-order chi connectivity index (χ1) is 8.27. The van der Waals surface area contributed by atoms with Crippen molar-refractivity contribution in [1.29, 1.82) is 0 Å². The molecule has 0 saturated carbocycles. The molecule has 0 bridgehead atoms. The summed E-state index contributed by atoms with van der Waals surface area (Å²) in [5.74, 6) is -0.245. The molecule has 17 heavy (non-hydrogen) atoms. The van der Waals surface area contributed by atoms with E-state index in [1.54, 1.807) is 0 Å². The number of hydrogen-bond donors (Lipinski definition) is 1. The molecule has 0 spiro atoms. The summed E-state index contributed by atoms with van der Waals surface area (Å²) in [4.78, 5) is 11.8. The first kappa shape index (κ1) is 12.1. The summed E-state index contributed by atoms with van der Waals surface area (Å²) >= 11 is 0. The molecule has 1 aromatic carbocycles. The van der Waals surface area contributed by atoms with Crippen molar-refractivity contribution >= 4 is 5.97 Å². The van der Waals surface area contributed by atoms with Gasteiger partial charge in [-0.3, -0.25) is 5.32 Å². The fourth-order valence-corrected chi connectivity index (χ4v) is 2.00. The van der Waals surface area contributed by atoms with E-state index < -0.39 is 5.54 Å². The minimum absolute atomic E-state index is 0.245. The molecule has 1 heterocycles. The van der Waals surface area contributed by atoms with Gasteiger partial charge in [0.25, 0.3) is 0 Å². The van der Waals surface area contributed by atoms with Crippen molar-refractivity contribution in [3.8, 4) is 0 Å². The van der Waals surface area contributed by atoms with Crippen LogP contribution in [0.25, 0.3) is 0 Å². The van der Waals surface area contributed by atoms with Gasteiger partial charge in [0.15, 0.2) is 0 Å². The maximum Gasteiger partial charge on any atom is 0.328 e. The molecule has 0 radical (unpaired) electrons. The van der Waals surface area contributed by atoms with Gasteiger partial charge >= 0.3 is 5.97 Å². The van der Waals surface area contributed by atoms with Crippen LogP contribution in [-0.4, -0.2) is 31.8 Å². The largest absolute Gasteiger partial charge is 0.468 e. The van der Waals surface area contributed by atoms with Crippen LogP contribution in [0.1, 0.15) is 12.0 Å². The molecule has 1 aromatic rings. The van der Waals surface area contributed by atoms with Crippen molar-refractivity contribution in [2.45, 2.75) is 18.5 Å². The van der Waals surface area contributed by atoms with Gasteiger partial charge in [-0.1, -0.05) is 30.3 Å². The first-order valence-corrected chi connectivity index (χ1v) is 5.72. The molecule has 0 unspecified atom stereocenters. The molecule has 1 aliphatic rings. The highest BCUT2D eigenvalue weighted by molar-refractivity contribution is 5.81. The third-order valence-electron chi connectivity index (χ3n) is 3.07. The summed E-state index contributed by atoms with van der Waals surface area (Å²) in [5, 5.41) is 3.26. The van der Waals surface area contributed by atoms with Crippen LogP contribution in [0.2, 0.25) is 0 Å². The predicted molar refractivity (Wildman–Crippen MR) is 63.5 cm³/mol. The van der Waals surface area contributed by atoms with E-state index in [1.807, 2.05) is 30.3 Å². The lowest BCUT2D eigenvalue weighted by atomic mass is 9.98. The van der Waals surface area contributed by atoms with Crippen LogP contribution in [0, 0.1) is 0 Å². The number of ether oxygens (including phenoxy) is 2. The average molecular weight is 235 g/mol. The number of esters is 1. The Labute approximate surface area is 101 Å². The van der Waals surface area contributed by atoms with Gasteiger partial charge in [-0.15, -0.1) is 0 Å². The smallest absolute Gasteiger partial charge is 0.328 e. The van der Waals surface area contributed by atoms with Crippen LogP contribution >= 0.6 is 0 Å². The van der Waals surface area contributed by atoms with Gasteiger partial charge in [0.05, 0.1) is 13.7 Å². The second kappa shape index (κ2) is 5.29. The molecular formula is C13H17NO3. The molecule has 1 saturated heterocycles. The normalized spacial score (nSPS) is 23.6. The zero-order valence-electron chi connectivity index (χ0n) is 9.94. The fraction of sp³-hybridized carbons (Fsp3) is 0.462. The molecule has 0 aliphatic carbocycles. The minimum Gasteiger partial charge on any atom is -0.468 e. The van der Waals surface area contributed by atoms with E-state index in [4.69, 9.17) is 9.47 Å². The monoisotopic (exact) mass is 235 g/mol. The molecule has 92 valence electrons. The second-order valence-corrected chi connectivity index (χ2v) is 4.22. The summed E-state index contributed by atoms with van der Waals surface area (Å²) in [6.45, 7) is 1.61. The quantitative estimate of drug-likeness (QED) is 0.794. The number of methoxy groups -OCH3 is 1. The third kappa shape index (κ3) is 2.65. The Hall–Kier alpha value is -1.39. The van der Waals surface area contributed by atoms with Crippen molar-refractivity contribution in [3.63, 3.8) is 0 Å². The van der Waals surface area contributed by atoms with Gasteiger partial charge in [0.2, 0.25) is 0 Å². The summed E-state index contributed by atoms with van der Waals surface area (Å²) in [5.41, 5.74) is 0.465. The predicted octanol–water partition coefficient (Wildman–Crippen LogP) is 1.11. The Balaban J connectivity index is 2.02. The van der Waals surface area contributed by atoms with Crippen molar-refractivity contribution in [3.05, 3.63) is 35.9 Å². The molecule has 0 aromatic heterocycles. The van der Waals surface area contributed by atoms with E-state index >= 15 is 0 Å². The lowest BCUT2D eigenvalue weighted by Gasteiger charge is -2.25. The van der Waals surface area contributed by atoms with E-state index in [1.165, 1.54) is 7.11 Å². The molecule has 1 N–H and O–H groups in total. The Morgan fingerprint density at radius 1 is 1.47 bits per heavy atom. The summed E-state index contributed by atoms with van der Waals surface area (Å²) in [6, 6.07) is 9.97. The molecule has 1 aliphatic heterocycles. The highest BCUT2D eigenvalue weighted by atomic mass is 16.5. The van der Waals surface area contributed by atoms with Crippen molar-refractivity contribution in [1.82, 2.24) is 5.32 Å². The van der Waals surface area contributed by atoms with Crippen LogP contribution in [0.3, 0.4) is 0 Å². The number of carbonyl (C=O) groups excluding carboxylic acids is 1. The van der Waals surface area contributed by atoms with E-state index in [0.29, 0.717) is 26.2 Å². The van der Waals surface area contributed by atoms with Crippen LogP contribution in [0.4, 0.5) is 0 Å². The molecule has 4 nitrogen and oxygen atoms in total. The van der Waals surface area contributed by atoms with Gasteiger partial charge in [-0.25, -0.2) is 4.79 Å². The van der Waals surface area contributed by atoms with E-state index in [9.17, 15) is 4.79 Å². The Kier molecular flexibility index (Phi) is 3.76. The van der Waals surface area contributed by atoms with E-state index in [0.717, 1.165) is 5.56 Å². The maximum atomic E-state index is 11.8. The standard InChI is InChI=1S/C13H17NO3/c1-16-12(15)13(7-8-17-10-13)14-9-11-5-3-2-4-6-11/h2-6,14H,7-10H2,1H3/t13-/m0/s1. The van der Waals surface area contributed by atoms with Gasteiger partial charge < -0.3 is 9.47 Å². The van der Waals surface area contributed by atoms with Gasteiger partial charge in [0, 0.05) is 19.6 Å². The number of hydrogen-bond acceptors (Lipinski definition) is 4. The molecule has 0 amide bonds. The van der Waals surface area contributed by atoms with Crippen molar-refractivity contribution in [2.24, 2.45) is 0 Å². The zero-order valence-corrected chi connectivity index (χ0v) is 9.94. The lowest BCUT2D eigenvalue weighted by molar-refractivity contribution is -0.148. The van der Waals surface area contributed by atoms with Gasteiger partial charge in [-0.05, 0) is 5.56 Å². The topological polar surface area (TPSA) is 47.6 Å². The minimum atomic E-state index is -0.676. The van der Waals surface area contributed by atoms with Gasteiger partial charge in [-0.2, -0.15) is 0 Å². The van der Waals surface area contributed by atoms with Crippen molar-refractivity contribution < 1.29 is 14.3 Å². The second-order valence-electron chi connectivity index (χ2n) is 4.22. The molecule has 1 fully saturated rings. The summed E-state index contributed by atoms with van der Waals surface area (Å²) in [6.07, 6.45) is 0.659. The van der Waals surface area contributed by atoms with Crippen LogP contribution < -0.4 is 5.32 Å². The fourth-order valence-electron chi connectivity index (χ4n) is 2.00. The zero-order chi connectivity index (χ0) is 12.1. The highest BCUT2D eigenvalue weighted by Gasteiger charge is 2.42. The maximum absolute atomic E-state index is 11.8. The highest BCUT2D eigenvalue weighted by Crippen LogP contribution is 2.21. The lowest BCUT2D eigenvalue weighted by Crippen LogP contribution is -2.53. The van der Waals surface area contributed by atoms with Crippen LogP contribution in [-0.2, 0) is 20.8 Å². The average Bonchev–Trinajstić information content (AvgIpc) is 2.87.